The standard InChI is InChI=1S/C7H14O2/c1-5(2)9-7-3-6(7)4-8/h5-8H,3-4H2,1-2H3. The van der Waals surface area contributed by atoms with Crippen molar-refractivity contribution in [2.24, 2.45) is 5.92 Å². The topological polar surface area (TPSA) is 29.5 Å². The van der Waals surface area contributed by atoms with Crippen LogP contribution in [0.4, 0.5) is 0 Å². The van der Waals surface area contributed by atoms with Crippen LogP contribution in [0.1, 0.15) is 20.3 Å². The van der Waals surface area contributed by atoms with E-state index < -0.39 is 0 Å². The summed E-state index contributed by atoms with van der Waals surface area (Å²) in [7, 11) is 0. The smallest absolute Gasteiger partial charge is 0.0634 e. The summed E-state index contributed by atoms with van der Waals surface area (Å²) < 4.78 is 5.40. The van der Waals surface area contributed by atoms with Crippen molar-refractivity contribution < 1.29 is 9.84 Å². The zero-order chi connectivity index (χ0) is 6.85. The van der Waals surface area contributed by atoms with Crippen LogP contribution in [0, 0.1) is 5.92 Å². The molecule has 0 aromatic heterocycles. The highest BCUT2D eigenvalue weighted by molar-refractivity contribution is 4.87. The molecule has 0 spiro atoms. The van der Waals surface area contributed by atoms with Crippen LogP contribution in [0.25, 0.3) is 0 Å². The van der Waals surface area contributed by atoms with Gasteiger partial charge in [0.15, 0.2) is 0 Å². The van der Waals surface area contributed by atoms with Gasteiger partial charge in [0.25, 0.3) is 0 Å². The van der Waals surface area contributed by atoms with Crippen molar-refractivity contribution in [2.45, 2.75) is 32.5 Å². The molecule has 1 aliphatic carbocycles. The van der Waals surface area contributed by atoms with Crippen molar-refractivity contribution in [3.05, 3.63) is 0 Å². The van der Waals surface area contributed by atoms with Gasteiger partial charge in [-0.2, -0.15) is 0 Å². The van der Waals surface area contributed by atoms with Crippen LogP contribution in [-0.2, 0) is 4.74 Å². The van der Waals surface area contributed by atoms with Gasteiger partial charge in [-0.15, -0.1) is 0 Å². The third kappa shape index (κ3) is 1.95. The summed E-state index contributed by atoms with van der Waals surface area (Å²) in [6, 6.07) is 0. The lowest BCUT2D eigenvalue weighted by Crippen LogP contribution is -2.06. The average Bonchev–Trinajstić information content (AvgIpc) is 2.45. The second kappa shape index (κ2) is 2.67. The Hall–Kier alpha value is -0.0800. The molecule has 0 aromatic carbocycles. The number of hydrogen-bond donors (Lipinski definition) is 1. The molecule has 0 radical (unpaired) electrons. The maximum absolute atomic E-state index is 8.61. The van der Waals surface area contributed by atoms with Crippen molar-refractivity contribution >= 4 is 0 Å². The third-order valence-corrected chi connectivity index (χ3v) is 1.54. The van der Waals surface area contributed by atoms with Crippen LogP contribution >= 0.6 is 0 Å². The molecular formula is C7H14O2. The van der Waals surface area contributed by atoms with E-state index >= 15 is 0 Å². The molecule has 2 nitrogen and oxygen atoms in total. The summed E-state index contributed by atoms with van der Waals surface area (Å²) >= 11 is 0. The van der Waals surface area contributed by atoms with E-state index in [0.717, 1.165) is 6.42 Å². The Kier molecular flexibility index (Phi) is 2.09. The molecule has 1 fully saturated rings. The Bertz CT molecular complexity index is 90.9. The number of ether oxygens (including phenoxy) is 1. The van der Waals surface area contributed by atoms with Crippen molar-refractivity contribution in [1.29, 1.82) is 0 Å². The summed E-state index contributed by atoms with van der Waals surface area (Å²) in [4.78, 5) is 0. The quantitative estimate of drug-likeness (QED) is 0.612. The molecule has 2 unspecified atom stereocenters. The fourth-order valence-electron chi connectivity index (χ4n) is 0.928. The van der Waals surface area contributed by atoms with E-state index in [1.54, 1.807) is 0 Å². The predicted molar refractivity (Wildman–Crippen MR) is 35.2 cm³/mol. The molecule has 1 rings (SSSR count). The first kappa shape index (κ1) is 7.03. The zero-order valence-corrected chi connectivity index (χ0v) is 6.00. The average molecular weight is 130 g/mol. The molecule has 2 atom stereocenters. The van der Waals surface area contributed by atoms with Gasteiger partial charge in [0.05, 0.1) is 12.2 Å². The Morgan fingerprint density at radius 1 is 1.67 bits per heavy atom. The number of aliphatic hydroxyl groups is 1. The van der Waals surface area contributed by atoms with Crippen molar-refractivity contribution in [1.82, 2.24) is 0 Å². The highest BCUT2D eigenvalue weighted by atomic mass is 16.5. The Morgan fingerprint density at radius 3 is 2.67 bits per heavy atom. The SMILES string of the molecule is CC(C)OC1CC1CO. The van der Waals surface area contributed by atoms with Gasteiger partial charge in [0.1, 0.15) is 0 Å². The van der Waals surface area contributed by atoms with Gasteiger partial charge in [-0.3, -0.25) is 0 Å². The lowest BCUT2D eigenvalue weighted by atomic mass is 10.4. The first-order chi connectivity index (χ1) is 4.24. The zero-order valence-electron chi connectivity index (χ0n) is 6.00. The highest BCUT2D eigenvalue weighted by Crippen LogP contribution is 2.33. The van der Waals surface area contributed by atoms with Gasteiger partial charge in [0, 0.05) is 12.5 Å². The van der Waals surface area contributed by atoms with Crippen LogP contribution < -0.4 is 0 Å². The molecule has 54 valence electrons. The first-order valence-corrected chi connectivity index (χ1v) is 3.50. The second-order valence-electron chi connectivity index (χ2n) is 2.90. The molecule has 0 amide bonds. The van der Waals surface area contributed by atoms with Crippen molar-refractivity contribution in [2.75, 3.05) is 6.61 Å². The number of aliphatic hydroxyl groups excluding tert-OH is 1. The fraction of sp³-hybridized carbons (Fsp3) is 1.00. The molecule has 9 heavy (non-hydrogen) atoms. The first-order valence-electron chi connectivity index (χ1n) is 3.50. The Balaban J connectivity index is 2.05. The minimum atomic E-state index is 0.289. The molecule has 1 aliphatic rings. The predicted octanol–water partition coefficient (Wildman–Crippen LogP) is 0.792. The molecule has 0 aromatic rings. The Labute approximate surface area is 55.8 Å². The molecule has 0 heterocycles. The van der Waals surface area contributed by atoms with Gasteiger partial charge in [-0.1, -0.05) is 0 Å². The van der Waals surface area contributed by atoms with Crippen LogP contribution in [0.2, 0.25) is 0 Å². The van der Waals surface area contributed by atoms with Gasteiger partial charge in [-0.05, 0) is 20.3 Å². The van der Waals surface area contributed by atoms with Crippen LogP contribution in [0.5, 0.6) is 0 Å². The van der Waals surface area contributed by atoms with E-state index in [0.29, 0.717) is 18.1 Å². The lowest BCUT2D eigenvalue weighted by Gasteiger charge is -2.04. The normalized spacial score (nSPS) is 33.3. The molecule has 2 heteroatoms. The number of rotatable bonds is 3. The van der Waals surface area contributed by atoms with Gasteiger partial charge >= 0.3 is 0 Å². The molecular weight excluding hydrogens is 116 g/mol. The largest absolute Gasteiger partial charge is 0.396 e. The molecule has 0 bridgehead atoms. The highest BCUT2D eigenvalue weighted by Gasteiger charge is 2.37. The molecule has 0 saturated heterocycles. The number of hydrogen-bond acceptors (Lipinski definition) is 2. The van der Waals surface area contributed by atoms with E-state index in [9.17, 15) is 0 Å². The van der Waals surface area contributed by atoms with E-state index in [-0.39, 0.29) is 6.61 Å². The summed E-state index contributed by atoms with van der Waals surface area (Å²) in [6.07, 6.45) is 1.72. The van der Waals surface area contributed by atoms with E-state index in [2.05, 4.69) is 0 Å². The maximum Gasteiger partial charge on any atom is 0.0634 e. The Morgan fingerprint density at radius 2 is 2.33 bits per heavy atom. The summed E-state index contributed by atoms with van der Waals surface area (Å²) in [5.41, 5.74) is 0. The van der Waals surface area contributed by atoms with Gasteiger partial charge < -0.3 is 9.84 Å². The van der Waals surface area contributed by atoms with Crippen LogP contribution in [-0.4, -0.2) is 23.9 Å². The van der Waals surface area contributed by atoms with E-state index in [1.807, 2.05) is 13.8 Å². The second-order valence-corrected chi connectivity index (χ2v) is 2.90. The summed E-state index contributed by atoms with van der Waals surface area (Å²) in [5.74, 6) is 0.437. The fourth-order valence-corrected chi connectivity index (χ4v) is 0.928. The molecule has 1 saturated carbocycles. The van der Waals surface area contributed by atoms with E-state index in [4.69, 9.17) is 9.84 Å². The van der Waals surface area contributed by atoms with E-state index in [1.165, 1.54) is 0 Å². The summed E-state index contributed by atoms with van der Waals surface area (Å²) in [5, 5.41) is 8.61. The van der Waals surface area contributed by atoms with Crippen LogP contribution in [0.3, 0.4) is 0 Å². The molecule has 0 aliphatic heterocycles. The minimum absolute atomic E-state index is 0.289. The minimum Gasteiger partial charge on any atom is -0.396 e. The van der Waals surface area contributed by atoms with Crippen LogP contribution in [0.15, 0.2) is 0 Å². The lowest BCUT2D eigenvalue weighted by molar-refractivity contribution is 0.0499. The van der Waals surface area contributed by atoms with Crippen molar-refractivity contribution in [3.63, 3.8) is 0 Å². The van der Waals surface area contributed by atoms with Gasteiger partial charge in [0.2, 0.25) is 0 Å². The van der Waals surface area contributed by atoms with Crippen molar-refractivity contribution in [3.8, 4) is 0 Å². The third-order valence-electron chi connectivity index (χ3n) is 1.54. The monoisotopic (exact) mass is 130 g/mol. The molecule has 1 N–H and O–H groups in total. The van der Waals surface area contributed by atoms with Gasteiger partial charge in [-0.25, -0.2) is 0 Å². The summed E-state index contributed by atoms with van der Waals surface area (Å²) in [6.45, 7) is 4.33. The maximum atomic E-state index is 8.61.